The van der Waals surface area contributed by atoms with Crippen LogP contribution in [-0.4, -0.2) is 120 Å². The van der Waals surface area contributed by atoms with Gasteiger partial charge in [-0.3, -0.25) is 9.69 Å². The molecule has 3 amide bonds. The van der Waals surface area contributed by atoms with E-state index in [0.717, 1.165) is 50.8 Å². The number of benzene rings is 2. The van der Waals surface area contributed by atoms with E-state index < -0.39 is 24.2 Å². The third kappa shape index (κ3) is 6.69. The Balaban J connectivity index is 0.962. The molecule has 3 aromatic rings. The van der Waals surface area contributed by atoms with E-state index in [1.165, 1.54) is 11.2 Å². The molecule has 2 N–H and O–H groups in total. The molecule has 0 spiro atoms. The van der Waals surface area contributed by atoms with Crippen molar-refractivity contribution in [2.24, 2.45) is 4.99 Å². The number of nitriles is 1. The highest BCUT2D eigenvalue weighted by atomic mass is 19.1. The first-order chi connectivity index (χ1) is 22.9. The number of nitrogens with zero attached hydrogens (tertiary/aromatic N) is 8. The Kier molecular flexibility index (Phi) is 8.60. The number of urea groups is 1. The van der Waals surface area contributed by atoms with Crippen LogP contribution in [-0.2, 0) is 9.53 Å². The maximum Gasteiger partial charge on any atom is 0.341 e. The predicted molar refractivity (Wildman–Crippen MR) is 169 cm³/mol. The summed E-state index contributed by atoms with van der Waals surface area (Å²) in [6.07, 6.45) is -0.736. The minimum absolute atomic E-state index is 0.0320. The van der Waals surface area contributed by atoms with Crippen molar-refractivity contribution < 1.29 is 23.5 Å². The molecule has 47 heavy (non-hydrogen) atoms. The third-order valence-corrected chi connectivity index (χ3v) is 8.81. The molecule has 2 aromatic carbocycles. The first-order valence-electron chi connectivity index (χ1n) is 15.6. The molecule has 7 rings (SSSR count). The van der Waals surface area contributed by atoms with E-state index in [-0.39, 0.29) is 43.1 Å². The van der Waals surface area contributed by atoms with E-state index in [9.17, 15) is 14.9 Å². The van der Waals surface area contributed by atoms with E-state index in [0.29, 0.717) is 23.4 Å². The lowest BCUT2D eigenvalue weighted by Gasteiger charge is -2.43. The molecule has 5 heterocycles. The summed E-state index contributed by atoms with van der Waals surface area (Å²) in [7, 11) is 0. The molecular formula is C32H33FN10O4. The summed E-state index contributed by atoms with van der Waals surface area (Å²) in [5, 5.41) is 15.5. The molecule has 14 nitrogen and oxygen atoms in total. The average molecular weight is 641 g/mol. The number of piperazine rings is 1. The summed E-state index contributed by atoms with van der Waals surface area (Å²) >= 11 is 0. The topological polar surface area (TPSA) is 161 Å². The van der Waals surface area contributed by atoms with Crippen LogP contribution in [0.5, 0.6) is 5.75 Å². The van der Waals surface area contributed by atoms with E-state index in [4.69, 9.17) is 9.47 Å². The van der Waals surface area contributed by atoms with Crippen molar-refractivity contribution in [1.29, 1.82) is 5.26 Å². The second-order valence-electron chi connectivity index (χ2n) is 11.8. The van der Waals surface area contributed by atoms with E-state index in [1.807, 2.05) is 12.1 Å². The molecule has 15 heteroatoms. The van der Waals surface area contributed by atoms with Gasteiger partial charge in [0.05, 0.1) is 37.9 Å². The number of alkyl halides is 1. The number of rotatable bonds is 8. The second kappa shape index (κ2) is 13.3. The van der Waals surface area contributed by atoms with Crippen LogP contribution in [0.2, 0.25) is 0 Å². The monoisotopic (exact) mass is 640 g/mol. The van der Waals surface area contributed by atoms with E-state index >= 15 is 4.39 Å². The smallest absolute Gasteiger partial charge is 0.341 e. The largest absolute Gasteiger partial charge is 0.486 e. The van der Waals surface area contributed by atoms with Gasteiger partial charge in [-0.05, 0) is 42.5 Å². The maximum absolute atomic E-state index is 15.1. The Morgan fingerprint density at radius 1 is 1.09 bits per heavy atom. The number of aliphatic imine (C=N–C) groups is 1. The minimum atomic E-state index is -1.49. The Hall–Kier alpha value is -5.20. The first-order valence-corrected chi connectivity index (χ1v) is 15.6. The number of carbonyl (C=O) groups excluding carboxylic acids is 2. The number of piperidine rings is 1. The highest BCUT2D eigenvalue weighted by Crippen LogP contribution is 2.29. The normalized spacial score (nSPS) is 21.8. The lowest BCUT2D eigenvalue weighted by molar-refractivity contribution is -0.127. The highest BCUT2D eigenvalue weighted by Gasteiger charge is 2.36. The van der Waals surface area contributed by atoms with Gasteiger partial charge in [0.15, 0.2) is 12.0 Å². The molecule has 242 valence electrons. The number of anilines is 3. The van der Waals surface area contributed by atoms with Crippen molar-refractivity contribution >= 4 is 35.0 Å². The van der Waals surface area contributed by atoms with Gasteiger partial charge in [-0.1, -0.05) is 0 Å². The Bertz CT molecular complexity index is 1720. The molecule has 4 aliphatic rings. The first kappa shape index (κ1) is 30.5. The van der Waals surface area contributed by atoms with Gasteiger partial charge in [-0.15, -0.1) is 0 Å². The standard InChI is InChI=1S/C32H33FN10O4/c33-25-16-43(30(44)26-15-35-32(45)39-26)8-7-28(25)47-27-6-1-20(13-21(27)14-34)29-36-19-37-31(40-29)38-22-2-4-23(5-3-22)41-9-11-42(12-10-41)24-17-46-18-24/h1-6,13,19,24-25,28H,7-12,15-18H2,(H,35,45)(H,36,37,38,40)/t25-,28+/m1/s1. The molecular weight excluding hydrogens is 607 g/mol. The van der Waals surface area contributed by atoms with Gasteiger partial charge in [0.1, 0.15) is 30.0 Å². The van der Waals surface area contributed by atoms with Gasteiger partial charge in [0, 0.05) is 56.1 Å². The minimum Gasteiger partial charge on any atom is -0.486 e. The van der Waals surface area contributed by atoms with Crippen LogP contribution in [0.3, 0.4) is 0 Å². The fourth-order valence-electron chi connectivity index (χ4n) is 6.05. The summed E-state index contributed by atoms with van der Waals surface area (Å²) in [5.74, 6) is 0.460. The van der Waals surface area contributed by atoms with Gasteiger partial charge in [-0.25, -0.2) is 19.2 Å². The Labute approximate surface area is 270 Å². The van der Waals surface area contributed by atoms with Gasteiger partial charge in [0.25, 0.3) is 5.91 Å². The van der Waals surface area contributed by atoms with Gasteiger partial charge in [0.2, 0.25) is 5.95 Å². The SMILES string of the molecule is N#Cc1cc(-c2ncnc(Nc3ccc(N4CCN(C5COC5)CC4)cc3)n2)ccc1O[C@H]1CCN(C(=O)C2=NC(=O)NC2)C[C@H]1F. The number of carbonyl (C=O) groups is 2. The fraction of sp³-hybridized carbons (Fsp3) is 0.406. The average Bonchev–Trinajstić information content (AvgIpc) is 3.51. The summed E-state index contributed by atoms with van der Waals surface area (Å²) in [5.41, 5.74) is 2.83. The molecule has 1 aromatic heterocycles. The third-order valence-electron chi connectivity index (χ3n) is 8.81. The van der Waals surface area contributed by atoms with Crippen LogP contribution in [0, 0.1) is 11.3 Å². The van der Waals surface area contributed by atoms with Crippen LogP contribution in [0.4, 0.5) is 26.5 Å². The Morgan fingerprint density at radius 2 is 1.89 bits per heavy atom. The summed E-state index contributed by atoms with van der Waals surface area (Å²) in [6.45, 7) is 5.74. The molecule has 0 unspecified atom stereocenters. The molecule has 3 saturated heterocycles. The van der Waals surface area contributed by atoms with Gasteiger partial charge < -0.3 is 29.9 Å². The number of halogens is 1. The van der Waals surface area contributed by atoms with E-state index in [2.05, 4.69) is 58.6 Å². The lowest BCUT2D eigenvalue weighted by atomic mass is 10.0. The van der Waals surface area contributed by atoms with Crippen molar-refractivity contribution in [3.8, 4) is 23.2 Å². The number of likely N-dealkylation sites (tertiary alicyclic amines) is 1. The number of ether oxygens (including phenoxy) is 2. The molecule has 4 aliphatic heterocycles. The number of nitrogens with one attached hydrogen (secondary N) is 2. The zero-order valence-electron chi connectivity index (χ0n) is 25.5. The van der Waals surface area contributed by atoms with Crippen LogP contribution < -0.4 is 20.3 Å². The Morgan fingerprint density at radius 3 is 2.57 bits per heavy atom. The lowest BCUT2D eigenvalue weighted by Crippen LogP contribution is -2.56. The summed E-state index contributed by atoms with van der Waals surface area (Å²) < 4.78 is 26.4. The fourth-order valence-corrected chi connectivity index (χ4v) is 6.05. The highest BCUT2D eigenvalue weighted by molar-refractivity contribution is 6.42. The van der Waals surface area contributed by atoms with Gasteiger partial charge >= 0.3 is 6.03 Å². The molecule has 3 fully saturated rings. The molecule has 2 atom stereocenters. The van der Waals surface area contributed by atoms with Crippen LogP contribution in [0.15, 0.2) is 53.8 Å². The van der Waals surface area contributed by atoms with Crippen LogP contribution in [0.1, 0.15) is 12.0 Å². The van der Waals surface area contributed by atoms with Crippen LogP contribution in [0.25, 0.3) is 11.4 Å². The maximum atomic E-state index is 15.1. The zero-order chi connectivity index (χ0) is 32.3. The van der Waals surface area contributed by atoms with Crippen molar-refractivity contribution in [2.75, 3.05) is 69.2 Å². The summed E-state index contributed by atoms with van der Waals surface area (Å²) in [4.78, 5) is 46.8. The zero-order valence-corrected chi connectivity index (χ0v) is 25.5. The number of hydrogen-bond donors (Lipinski definition) is 2. The number of amides is 3. The quantitative estimate of drug-likeness (QED) is 0.371. The van der Waals surface area contributed by atoms with Crippen molar-refractivity contribution in [2.45, 2.75) is 24.7 Å². The summed E-state index contributed by atoms with van der Waals surface area (Å²) in [6, 6.07) is 15.1. The van der Waals surface area contributed by atoms with Crippen molar-refractivity contribution in [3.63, 3.8) is 0 Å². The van der Waals surface area contributed by atoms with E-state index in [1.54, 1.807) is 18.2 Å². The van der Waals surface area contributed by atoms with Crippen molar-refractivity contribution in [3.05, 3.63) is 54.4 Å². The molecule has 0 aliphatic carbocycles. The number of aromatic nitrogens is 3. The predicted octanol–water partition coefficient (Wildman–Crippen LogP) is 2.16. The van der Waals surface area contributed by atoms with Gasteiger partial charge in [-0.2, -0.15) is 15.2 Å². The number of hydrogen-bond acceptors (Lipinski definition) is 11. The molecule has 0 bridgehead atoms. The second-order valence-corrected chi connectivity index (χ2v) is 11.8. The van der Waals surface area contributed by atoms with Crippen LogP contribution >= 0.6 is 0 Å². The molecule has 0 radical (unpaired) electrons. The molecule has 0 saturated carbocycles. The van der Waals surface area contributed by atoms with Crippen molar-refractivity contribution in [1.82, 2.24) is 30.1 Å².